The Balaban J connectivity index is 1.80. The largest absolute Gasteiger partial charge is 0.383 e. The Labute approximate surface area is 128 Å². The van der Waals surface area contributed by atoms with Crippen LogP contribution in [0.2, 0.25) is 0 Å². The molecule has 0 bridgehead atoms. The number of para-hydroxylation sites is 1. The van der Waals surface area contributed by atoms with Crippen molar-refractivity contribution in [3.63, 3.8) is 0 Å². The fourth-order valence-corrected chi connectivity index (χ4v) is 3.18. The highest BCUT2D eigenvalue weighted by atomic mass is 79.9. The fourth-order valence-electron chi connectivity index (χ4n) is 1.42. The van der Waals surface area contributed by atoms with Crippen molar-refractivity contribution in [1.29, 1.82) is 0 Å². The molecular weight excluding hydrogens is 376 g/mol. The molecular formula is C13H12Br2N2S. The minimum absolute atomic E-state index is 0.899. The van der Waals surface area contributed by atoms with Gasteiger partial charge in [-0.15, -0.1) is 11.8 Å². The van der Waals surface area contributed by atoms with Crippen LogP contribution >= 0.6 is 43.6 Å². The maximum Gasteiger partial charge on any atom is 0.110 e. The standard InChI is InChI=1S/C13H12Br2N2S/c14-10-4-1-2-6-12(10)16-8-9-18-13-11(15)5-3-7-17-13/h1-7,16H,8-9H2. The summed E-state index contributed by atoms with van der Waals surface area (Å²) in [6.07, 6.45) is 1.81. The molecule has 0 fully saturated rings. The van der Waals surface area contributed by atoms with E-state index < -0.39 is 0 Å². The molecule has 1 aromatic heterocycles. The monoisotopic (exact) mass is 386 g/mol. The fraction of sp³-hybridized carbons (Fsp3) is 0.154. The van der Waals surface area contributed by atoms with Gasteiger partial charge in [0.1, 0.15) is 5.03 Å². The van der Waals surface area contributed by atoms with Gasteiger partial charge in [-0.3, -0.25) is 0 Å². The van der Waals surface area contributed by atoms with E-state index in [1.807, 2.05) is 36.5 Å². The zero-order valence-corrected chi connectivity index (χ0v) is 13.6. The molecule has 2 aromatic rings. The second-order valence-corrected chi connectivity index (χ2v) is 6.34. The molecule has 18 heavy (non-hydrogen) atoms. The zero-order valence-electron chi connectivity index (χ0n) is 9.57. The van der Waals surface area contributed by atoms with Crippen molar-refractivity contribution < 1.29 is 0 Å². The van der Waals surface area contributed by atoms with Crippen LogP contribution < -0.4 is 5.32 Å². The summed E-state index contributed by atoms with van der Waals surface area (Å²) in [6, 6.07) is 12.1. The molecule has 0 aliphatic heterocycles. The van der Waals surface area contributed by atoms with E-state index in [0.717, 1.165) is 32.0 Å². The second kappa shape index (κ2) is 7.16. The number of nitrogens with one attached hydrogen (secondary N) is 1. The quantitative estimate of drug-likeness (QED) is 0.588. The lowest BCUT2D eigenvalue weighted by Gasteiger charge is -2.08. The van der Waals surface area contributed by atoms with Crippen molar-refractivity contribution >= 4 is 49.3 Å². The second-order valence-electron chi connectivity index (χ2n) is 3.55. The summed E-state index contributed by atoms with van der Waals surface area (Å²) < 4.78 is 2.14. The highest BCUT2D eigenvalue weighted by Crippen LogP contribution is 2.25. The molecule has 0 aliphatic carbocycles. The molecule has 0 saturated heterocycles. The minimum atomic E-state index is 0.899. The van der Waals surface area contributed by atoms with Crippen LogP contribution in [0.15, 0.2) is 56.6 Å². The van der Waals surface area contributed by atoms with E-state index in [1.165, 1.54) is 0 Å². The zero-order chi connectivity index (χ0) is 12.8. The molecule has 0 aliphatic rings. The molecule has 1 aromatic carbocycles. The lowest BCUT2D eigenvalue weighted by atomic mass is 10.3. The van der Waals surface area contributed by atoms with Crippen molar-refractivity contribution in [2.24, 2.45) is 0 Å². The van der Waals surface area contributed by atoms with Crippen LogP contribution in [0.25, 0.3) is 0 Å². The normalized spacial score (nSPS) is 10.3. The van der Waals surface area contributed by atoms with Gasteiger partial charge in [0.2, 0.25) is 0 Å². The van der Waals surface area contributed by atoms with E-state index in [2.05, 4.69) is 48.2 Å². The van der Waals surface area contributed by atoms with Crippen LogP contribution in [-0.2, 0) is 0 Å². The van der Waals surface area contributed by atoms with Crippen molar-refractivity contribution in [3.05, 3.63) is 51.5 Å². The minimum Gasteiger partial charge on any atom is -0.383 e. The van der Waals surface area contributed by atoms with Crippen molar-refractivity contribution in [1.82, 2.24) is 4.98 Å². The summed E-state index contributed by atoms with van der Waals surface area (Å²) >= 11 is 8.75. The smallest absolute Gasteiger partial charge is 0.110 e. The Morgan fingerprint density at radius 3 is 2.61 bits per heavy atom. The van der Waals surface area contributed by atoms with Crippen molar-refractivity contribution in [3.8, 4) is 0 Å². The van der Waals surface area contributed by atoms with E-state index >= 15 is 0 Å². The summed E-state index contributed by atoms with van der Waals surface area (Å²) in [5, 5.41) is 4.43. The van der Waals surface area contributed by atoms with Crippen LogP contribution in [0, 0.1) is 0 Å². The Bertz CT molecular complexity index is 472. The number of pyridine rings is 1. The predicted molar refractivity (Wildman–Crippen MR) is 85.3 cm³/mol. The van der Waals surface area contributed by atoms with Crippen LogP contribution in [0.1, 0.15) is 0 Å². The summed E-state index contributed by atoms with van der Waals surface area (Å²) in [7, 11) is 0. The molecule has 94 valence electrons. The van der Waals surface area contributed by atoms with Crippen LogP contribution in [0.4, 0.5) is 5.69 Å². The molecule has 2 rings (SSSR count). The average Bonchev–Trinajstić information content (AvgIpc) is 2.38. The van der Waals surface area contributed by atoms with Gasteiger partial charge in [-0.05, 0) is 56.1 Å². The van der Waals surface area contributed by atoms with Gasteiger partial charge in [0, 0.05) is 33.1 Å². The number of rotatable bonds is 5. The molecule has 1 heterocycles. The average molecular weight is 388 g/mol. The molecule has 1 N–H and O–H groups in total. The summed E-state index contributed by atoms with van der Waals surface area (Å²) in [5.41, 5.74) is 1.12. The number of hydrogen-bond donors (Lipinski definition) is 1. The van der Waals surface area contributed by atoms with Gasteiger partial charge in [0.05, 0.1) is 0 Å². The van der Waals surface area contributed by atoms with Crippen LogP contribution in [0.3, 0.4) is 0 Å². The molecule has 0 unspecified atom stereocenters. The number of halogens is 2. The number of nitrogens with zero attached hydrogens (tertiary/aromatic N) is 1. The van der Waals surface area contributed by atoms with Gasteiger partial charge in [-0.25, -0.2) is 4.98 Å². The first-order valence-corrected chi connectivity index (χ1v) is 8.06. The van der Waals surface area contributed by atoms with Gasteiger partial charge in [-0.2, -0.15) is 0 Å². The molecule has 0 atom stereocenters. The summed E-state index contributed by atoms with van der Waals surface area (Å²) in [6.45, 7) is 0.899. The first-order chi connectivity index (χ1) is 8.77. The lowest BCUT2D eigenvalue weighted by molar-refractivity contribution is 1.10. The number of aromatic nitrogens is 1. The van der Waals surface area contributed by atoms with Gasteiger partial charge in [-0.1, -0.05) is 12.1 Å². The first-order valence-electron chi connectivity index (χ1n) is 5.49. The SMILES string of the molecule is Brc1ccccc1NCCSc1ncccc1Br. The van der Waals surface area contributed by atoms with Gasteiger partial charge >= 0.3 is 0 Å². The molecule has 5 heteroatoms. The van der Waals surface area contributed by atoms with E-state index in [-0.39, 0.29) is 0 Å². The third-order valence-corrected chi connectivity index (χ3v) is 4.86. The topological polar surface area (TPSA) is 24.9 Å². The Morgan fingerprint density at radius 2 is 1.83 bits per heavy atom. The summed E-state index contributed by atoms with van der Waals surface area (Å²) in [4.78, 5) is 4.32. The molecule has 0 spiro atoms. The van der Waals surface area contributed by atoms with E-state index in [0.29, 0.717) is 0 Å². The third-order valence-electron chi connectivity index (χ3n) is 2.25. The van der Waals surface area contributed by atoms with Gasteiger partial charge in [0.15, 0.2) is 0 Å². The number of anilines is 1. The van der Waals surface area contributed by atoms with E-state index in [4.69, 9.17) is 0 Å². The van der Waals surface area contributed by atoms with Crippen LogP contribution in [-0.4, -0.2) is 17.3 Å². The Kier molecular flexibility index (Phi) is 5.53. The number of hydrogen-bond acceptors (Lipinski definition) is 3. The molecule has 0 amide bonds. The Hall–Kier alpha value is -0.520. The third kappa shape index (κ3) is 4.00. The number of thioether (sulfide) groups is 1. The molecule has 0 saturated carbocycles. The van der Waals surface area contributed by atoms with Gasteiger partial charge < -0.3 is 5.32 Å². The van der Waals surface area contributed by atoms with Crippen LogP contribution in [0.5, 0.6) is 0 Å². The maximum absolute atomic E-state index is 4.32. The number of benzene rings is 1. The lowest BCUT2D eigenvalue weighted by Crippen LogP contribution is -2.04. The Morgan fingerprint density at radius 1 is 1.06 bits per heavy atom. The summed E-state index contributed by atoms with van der Waals surface area (Å²) in [5.74, 6) is 0.969. The van der Waals surface area contributed by atoms with E-state index in [1.54, 1.807) is 11.8 Å². The van der Waals surface area contributed by atoms with E-state index in [9.17, 15) is 0 Å². The first kappa shape index (κ1) is 13.9. The predicted octanol–water partition coefficient (Wildman–Crippen LogP) is 4.81. The molecule has 2 nitrogen and oxygen atoms in total. The molecule has 0 radical (unpaired) electrons. The van der Waals surface area contributed by atoms with Crippen molar-refractivity contribution in [2.45, 2.75) is 5.03 Å². The highest BCUT2D eigenvalue weighted by Gasteiger charge is 2.01. The van der Waals surface area contributed by atoms with Gasteiger partial charge in [0.25, 0.3) is 0 Å². The van der Waals surface area contributed by atoms with Crippen molar-refractivity contribution in [2.75, 3.05) is 17.6 Å². The highest BCUT2D eigenvalue weighted by molar-refractivity contribution is 9.10. The maximum atomic E-state index is 4.32.